The Kier molecular flexibility index (Phi) is 5.72. The van der Waals surface area contributed by atoms with Gasteiger partial charge in [0.05, 0.1) is 30.9 Å². The van der Waals surface area contributed by atoms with E-state index in [1.807, 2.05) is 32.9 Å². The van der Waals surface area contributed by atoms with Crippen LogP contribution in [0.3, 0.4) is 0 Å². The van der Waals surface area contributed by atoms with Crippen molar-refractivity contribution in [1.29, 1.82) is 10.5 Å². The fourth-order valence-electron chi connectivity index (χ4n) is 2.48. The normalized spacial score (nSPS) is 18.2. The van der Waals surface area contributed by atoms with Gasteiger partial charge in [0.25, 0.3) is 0 Å². The van der Waals surface area contributed by atoms with Gasteiger partial charge in [-0.05, 0) is 20.8 Å². The van der Waals surface area contributed by atoms with Gasteiger partial charge in [0.2, 0.25) is 11.8 Å². The predicted molar refractivity (Wildman–Crippen MR) is 76.6 cm³/mol. The van der Waals surface area contributed by atoms with Gasteiger partial charge in [-0.25, -0.2) is 0 Å². The van der Waals surface area contributed by atoms with Crippen molar-refractivity contribution < 1.29 is 9.59 Å². The molecule has 1 fully saturated rings. The highest BCUT2D eigenvalue weighted by Gasteiger charge is 2.40. The van der Waals surface area contributed by atoms with Crippen LogP contribution in [0.15, 0.2) is 0 Å². The van der Waals surface area contributed by atoms with Gasteiger partial charge < -0.3 is 9.80 Å². The van der Waals surface area contributed by atoms with Crippen molar-refractivity contribution in [3.63, 3.8) is 0 Å². The lowest BCUT2D eigenvalue weighted by Crippen LogP contribution is -2.44. The van der Waals surface area contributed by atoms with Crippen LogP contribution in [-0.4, -0.2) is 46.8 Å². The number of rotatable bonds is 5. The van der Waals surface area contributed by atoms with Crippen molar-refractivity contribution in [3.8, 4) is 12.1 Å². The van der Waals surface area contributed by atoms with Crippen molar-refractivity contribution in [3.05, 3.63) is 0 Å². The number of hydrogen-bond donors (Lipinski definition) is 0. The summed E-state index contributed by atoms with van der Waals surface area (Å²) in [7, 11) is 0. The summed E-state index contributed by atoms with van der Waals surface area (Å²) in [6, 6.07) is 4.02. The van der Waals surface area contributed by atoms with Gasteiger partial charge in [0.15, 0.2) is 0 Å². The molecule has 0 aliphatic carbocycles. The minimum absolute atomic E-state index is 0.0126. The highest BCUT2D eigenvalue weighted by Crippen LogP contribution is 2.27. The fraction of sp³-hybridized carbons (Fsp3) is 0.733. The standard InChI is InChI=1S/C15H22N4O2/c1-15(2,3)19-11-12(10-13(19)20)14(21)18(8-4-6-16)9-5-7-17/h12H,4-5,8-11H2,1-3H3/t12-/m1/s1. The molecule has 0 aromatic carbocycles. The topological polar surface area (TPSA) is 88.2 Å². The summed E-state index contributed by atoms with van der Waals surface area (Å²) in [5.74, 6) is -0.504. The van der Waals surface area contributed by atoms with E-state index in [1.165, 1.54) is 4.90 Å². The first-order valence-corrected chi connectivity index (χ1v) is 7.14. The molecule has 6 nitrogen and oxygen atoms in total. The molecule has 0 bridgehead atoms. The van der Waals surface area contributed by atoms with Crippen LogP contribution in [0.25, 0.3) is 0 Å². The molecular formula is C15H22N4O2. The lowest BCUT2D eigenvalue weighted by Gasteiger charge is -2.32. The van der Waals surface area contributed by atoms with Crippen molar-refractivity contribution in [2.45, 2.75) is 45.6 Å². The van der Waals surface area contributed by atoms with Crippen molar-refractivity contribution >= 4 is 11.8 Å². The second-order valence-corrected chi connectivity index (χ2v) is 6.22. The molecule has 0 saturated carbocycles. The summed E-state index contributed by atoms with van der Waals surface area (Å²) in [4.78, 5) is 27.8. The van der Waals surface area contributed by atoms with Crippen LogP contribution in [0.4, 0.5) is 0 Å². The fourth-order valence-corrected chi connectivity index (χ4v) is 2.48. The lowest BCUT2D eigenvalue weighted by molar-refractivity contribution is -0.135. The molecule has 6 heteroatoms. The number of carbonyl (C=O) groups excluding carboxylic acids is 2. The van der Waals surface area contributed by atoms with Crippen LogP contribution in [0.1, 0.15) is 40.0 Å². The van der Waals surface area contributed by atoms with Crippen molar-refractivity contribution in [1.82, 2.24) is 9.80 Å². The average Bonchev–Trinajstić information content (AvgIpc) is 2.80. The zero-order chi connectivity index (χ0) is 16.0. The number of nitrogens with zero attached hydrogens (tertiary/aromatic N) is 4. The summed E-state index contributed by atoms with van der Waals surface area (Å²) in [5.41, 5.74) is -0.295. The Morgan fingerprint density at radius 1 is 1.29 bits per heavy atom. The Bertz CT molecular complexity index is 463. The Morgan fingerprint density at radius 2 is 1.81 bits per heavy atom. The zero-order valence-corrected chi connectivity index (χ0v) is 12.9. The minimum Gasteiger partial charge on any atom is -0.340 e. The average molecular weight is 290 g/mol. The second kappa shape index (κ2) is 7.08. The van der Waals surface area contributed by atoms with Crippen LogP contribution >= 0.6 is 0 Å². The van der Waals surface area contributed by atoms with Crippen LogP contribution in [-0.2, 0) is 9.59 Å². The quantitative estimate of drug-likeness (QED) is 0.763. The summed E-state index contributed by atoms with van der Waals surface area (Å²) < 4.78 is 0. The van der Waals surface area contributed by atoms with Crippen LogP contribution in [0, 0.1) is 28.6 Å². The number of amides is 2. The van der Waals surface area contributed by atoms with Gasteiger partial charge in [-0.3, -0.25) is 9.59 Å². The van der Waals surface area contributed by atoms with E-state index >= 15 is 0 Å². The number of hydrogen-bond acceptors (Lipinski definition) is 4. The van der Waals surface area contributed by atoms with Crippen molar-refractivity contribution in [2.75, 3.05) is 19.6 Å². The lowest BCUT2D eigenvalue weighted by atomic mass is 10.1. The first-order chi connectivity index (χ1) is 9.81. The summed E-state index contributed by atoms with van der Waals surface area (Å²) in [5, 5.41) is 17.3. The minimum atomic E-state index is -0.367. The molecule has 1 atom stereocenters. The number of carbonyl (C=O) groups is 2. The van der Waals surface area contributed by atoms with Crippen LogP contribution in [0.2, 0.25) is 0 Å². The molecule has 0 unspecified atom stereocenters. The van der Waals surface area contributed by atoms with Crippen LogP contribution in [0.5, 0.6) is 0 Å². The van der Waals surface area contributed by atoms with Gasteiger partial charge in [0.1, 0.15) is 0 Å². The van der Waals surface area contributed by atoms with E-state index < -0.39 is 0 Å². The maximum Gasteiger partial charge on any atom is 0.228 e. The van der Waals surface area contributed by atoms with Gasteiger partial charge in [-0.1, -0.05) is 0 Å². The van der Waals surface area contributed by atoms with E-state index in [1.54, 1.807) is 4.90 Å². The third kappa shape index (κ3) is 4.46. The van der Waals surface area contributed by atoms with E-state index in [0.717, 1.165) is 0 Å². The molecule has 0 aromatic heterocycles. The third-order valence-corrected chi connectivity index (χ3v) is 3.58. The highest BCUT2D eigenvalue weighted by molar-refractivity contribution is 5.89. The number of nitriles is 2. The van der Waals surface area contributed by atoms with Crippen molar-refractivity contribution in [2.24, 2.45) is 5.92 Å². The number of likely N-dealkylation sites (tertiary alicyclic amines) is 1. The maximum atomic E-state index is 12.5. The van der Waals surface area contributed by atoms with E-state index in [9.17, 15) is 9.59 Å². The summed E-state index contributed by atoms with van der Waals surface area (Å²) >= 11 is 0. The smallest absolute Gasteiger partial charge is 0.228 e. The van der Waals surface area contributed by atoms with E-state index in [4.69, 9.17) is 10.5 Å². The monoisotopic (exact) mass is 290 g/mol. The van der Waals surface area contributed by atoms with Gasteiger partial charge in [-0.15, -0.1) is 0 Å². The molecule has 1 aliphatic rings. The maximum absolute atomic E-state index is 12.5. The Morgan fingerprint density at radius 3 is 2.19 bits per heavy atom. The highest BCUT2D eigenvalue weighted by atomic mass is 16.2. The van der Waals surface area contributed by atoms with Gasteiger partial charge in [0, 0.05) is 31.6 Å². The molecule has 2 amide bonds. The molecule has 21 heavy (non-hydrogen) atoms. The molecule has 0 spiro atoms. The molecule has 1 rings (SSSR count). The largest absolute Gasteiger partial charge is 0.340 e. The van der Waals surface area contributed by atoms with Gasteiger partial charge >= 0.3 is 0 Å². The van der Waals surface area contributed by atoms with E-state index in [-0.39, 0.29) is 42.5 Å². The Hall–Kier alpha value is -2.08. The summed E-state index contributed by atoms with van der Waals surface area (Å²) in [6.45, 7) is 6.88. The second-order valence-electron chi connectivity index (χ2n) is 6.22. The first-order valence-electron chi connectivity index (χ1n) is 7.14. The summed E-state index contributed by atoms with van der Waals surface area (Å²) in [6.07, 6.45) is 0.688. The predicted octanol–water partition coefficient (Wildman–Crippen LogP) is 1.29. The van der Waals surface area contributed by atoms with Crippen LogP contribution < -0.4 is 0 Å². The third-order valence-electron chi connectivity index (χ3n) is 3.58. The molecule has 1 saturated heterocycles. The Balaban J connectivity index is 2.74. The van der Waals surface area contributed by atoms with Gasteiger partial charge in [-0.2, -0.15) is 10.5 Å². The molecule has 0 N–H and O–H groups in total. The molecule has 1 aliphatic heterocycles. The Labute approximate surface area is 125 Å². The molecule has 1 heterocycles. The molecular weight excluding hydrogens is 268 g/mol. The van der Waals surface area contributed by atoms with E-state index in [2.05, 4.69) is 0 Å². The SMILES string of the molecule is CC(C)(C)N1C[C@H](C(=O)N(CCC#N)CCC#N)CC1=O. The molecule has 0 aromatic rings. The first kappa shape index (κ1) is 17.0. The molecule has 114 valence electrons. The molecule has 0 radical (unpaired) electrons. The van der Waals surface area contributed by atoms with E-state index in [0.29, 0.717) is 19.6 Å². The zero-order valence-electron chi connectivity index (χ0n) is 12.9.